The summed E-state index contributed by atoms with van der Waals surface area (Å²) < 4.78 is 12.6. The van der Waals surface area contributed by atoms with Crippen molar-refractivity contribution in [2.45, 2.75) is 0 Å². The molecule has 256 valence electrons. The molecule has 0 N–H and O–H groups in total. The maximum absolute atomic E-state index is 6.43. The molecule has 10 rings (SSSR count). The summed E-state index contributed by atoms with van der Waals surface area (Å²) in [5.41, 5.74) is 10.2. The third-order valence-electron chi connectivity index (χ3n) is 9.65. The van der Waals surface area contributed by atoms with Crippen LogP contribution in [0.15, 0.2) is 182 Å². The van der Waals surface area contributed by atoms with E-state index in [9.17, 15) is 0 Å². The van der Waals surface area contributed by atoms with E-state index in [1.54, 1.807) is 0 Å². The van der Waals surface area contributed by atoms with Crippen molar-refractivity contribution >= 4 is 50.4 Å². The summed E-state index contributed by atoms with van der Waals surface area (Å²) in [5.74, 6) is 1.14. The van der Waals surface area contributed by atoms with E-state index in [1.165, 1.54) is 0 Å². The molecule has 0 amide bonds. The Labute approximate surface area is 327 Å². The Morgan fingerprint density at radius 3 is 1.91 bits per heavy atom. The summed E-state index contributed by atoms with van der Waals surface area (Å²) in [6.45, 7) is 0. The Morgan fingerprint density at radius 1 is 0.519 bits per heavy atom. The van der Waals surface area contributed by atoms with Crippen molar-refractivity contribution in [2.24, 2.45) is 0 Å². The summed E-state index contributed by atoms with van der Waals surface area (Å²) in [7, 11) is 0. The van der Waals surface area contributed by atoms with Gasteiger partial charge in [0, 0.05) is 23.0 Å². The van der Waals surface area contributed by atoms with Gasteiger partial charge in [0.15, 0.2) is 0 Å². The van der Waals surface area contributed by atoms with Crippen molar-refractivity contribution in [3.8, 4) is 39.4 Å². The minimum absolute atomic E-state index is 0. The van der Waals surface area contributed by atoms with Gasteiger partial charge in [-0.2, -0.15) is 17.2 Å². The standard InChI is InChI=1S/C48H30N4O.Pt/c1-3-14-34(15-4-1)42-25-13-26-43(35-16-5-2-6-17-35)47(42)51-33-50(46-29-28-36-18-7-9-24-44(36)48(46)51)38-20-11-22-40(30-38)53-41-23-12-21-39(31-41)52-45-27-10-8-19-37(45)32-49-52;/h1-29,32H;/q;+2. The predicted octanol–water partition coefficient (Wildman–Crippen LogP) is 11.8. The Hall–Kier alpha value is -6.64. The van der Waals surface area contributed by atoms with Crippen LogP contribution in [0.2, 0.25) is 0 Å². The van der Waals surface area contributed by atoms with Crippen LogP contribution in [-0.4, -0.2) is 15.8 Å². The van der Waals surface area contributed by atoms with Crippen LogP contribution < -0.4 is 13.9 Å². The zero-order valence-corrected chi connectivity index (χ0v) is 31.1. The monoisotopic (exact) mass is 873 g/mol. The molecule has 9 aromatic rings. The molecule has 0 fully saturated rings. The number of fused-ring (bicyclic) bond motifs is 4. The second-order valence-corrected chi connectivity index (χ2v) is 12.9. The van der Waals surface area contributed by atoms with Crippen LogP contribution in [0.25, 0.3) is 49.6 Å². The third-order valence-corrected chi connectivity index (χ3v) is 9.65. The Morgan fingerprint density at radius 2 is 1.15 bits per heavy atom. The molecular weight excluding hydrogens is 844 g/mol. The van der Waals surface area contributed by atoms with Gasteiger partial charge in [-0.1, -0.05) is 120 Å². The molecule has 54 heavy (non-hydrogen) atoms. The SMILES string of the molecule is C1=[N+](c2[c-]c(Oc3[c-]c(-n4ncc5ccccc54)ccc3)ccc2)c2ccc3ccccc3c2[N+]=1c1c(-c2ccccc2)cccc1-c1ccccc1.[Pt+2]. The van der Waals surface area contributed by atoms with Gasteiger partial charge in [-0.25, -0.2) is 0 Å². The molecule has 0 saturated heterocycles. The Balaban J connectivity index is 0.00000384. The van der Waals surface area contributed by atoms with E-state index in [1.807, 2.05) is 59.4 Å². The topological polar surface area (TPSA) is 33.1 Å². The van der Waals surface area contributed by atoms with Gasteiger partial charge in [0.2, 0.25) is 5.69 Å². The molecular formula is C48H30N4OPt+2. The smallest absolute Gasteiger partial charge is 0.509 e. The summed E-state index contributed by atoms with van der Waals surface area (Å²) in [4.78, 5) is 0. The van der Waals surface area contributed by atoms with E-state index < -0.39 is 0 Å². The second-order valence-electron chi connectivity index (χ2n) is 12.9. The molecule has 2 heterocycles. The van der Waals surface area contributed by atoms with Crippen LogP contribution in [-0.2, 0) is 21.1 Å². The maximum Gasteiger partial charge on any atom is 2.00 e. The van der Waals surface area contributed by atoms with Gasteiger partial charge in [-0.15, -0.1) is 24.3 Å². The molecule has 0 bridgehead atoms. The number of benzene rings is 8. The average Bonchev–Trinajstić information content (AvgIpc) is 3.84. The zero-order valence-electron chi connectivity index (χ0n) is 28.8. The molecule has 0 radical (unpaired) electrons. The first-order valence-electron chi connectivity index (χ1n) is 17.6. The van der Waals surface area contributed by atoms with Crippen LogP contribution in [0.1, 0.15) is 0 Å². The fourth-order valence-corrected chi connectivity index (χ4v) is 7.22. The van der Waals surface area contributed by atoms with Gasteiger partial charge >= 0.3 is 32.8 Å². The van der Waals surface area contributed by atoms with Crippen molar-refractivity contribution in [3.63, 3.8) is 0 Å². The van der Waals surface area contributed by atoms with E-state index in [0.29, 0.717) is 11.5 Å². The van der Waals surface area contributed by atoms with Crippen molar-refractivity contribution < 1.29 is 25.8 Å². The minimum Gasteiger partial charge on any atom is -0.509 e. The number of hydrogen-bond acceptors (Lipinski definition) is 2. The summed E-state index contributed by atoms with van der Waals surface area (Å²) in [5, 5.41) is 7.96. The summed E-state index contributed by atoms with van der Waals surface area (Å²) in [6.07, 6.45) is 1.86. The van der Waals surface area contributed by atoms with E-state index in [-0.39, 0.29) is 21.1 Å². The van der Waals surface area contributed by atoms with Gasteiger partial charge < -0.3 is 4.74 Å². The van der Waals surface area contributed by atoms with Gasteiger partial charge in [-0.3, -0.25) is 4.68 Å². The Bertz CT molecular complexity index is 2850. The predicted molar refractivity (Wildman–Crippen MR) is 214 cm³/mol. The molecule has 8 aromatic carbocycles. The number of hydrogen-bond donors (Lipinski definition) is 0. The Kier molecular flexibility index (Phi) is 8.65. The van der Waals surface area contributed by atoms with Crippen molar-refractivity contribution in [1.29, 1.82) is 0 Å². The van der Waals surface area contributed by atoms with Crippen molar-refractivity contribution in [2.75, 3.05) is 0 Å². The van der Waals surface area contributed by atoms with Gasteiger partial charge in [0.05, 0.1) is 28.2 Å². The molecule has 5 nitrogen and oxygen atoms in total. The zero-order chi connectivity index (χ0) is 35.1. The molecule has 6 heteroatoms. The van der Waals surface area contributed by atoms with E-state index in [0.717, 1.165) is 72.4 Å². The first-order chi connectivity index (χ1) is 26.3. The molecule has 1 aliphatic rings. The molecule has 0 atom stereocenters. The van der Waals surface area contributed by atoms with Crippen LogP contribution >= 0.6 is 0 Å². The number of nitrogens with zero attached hydrogens (tertiary/aromatic N) is 4. The van der Waals surface area contributed by atoms with Crippen LogP contribution in [0.5, 0.6) is 11.5 Å². The second kappa shape index (κ2) is 14.1. The van der Waals surface area contributed by atoms with E-state index in [2.05, 4.69) is 160 Å². The number of aromatic nitrogens is 2. The van der Waals surface area contributed by atoms with E-state index in [4.69, 9.17) is 4.74 Å². The summed E-state index contributed by atoms with van der Waals surface area (Å²) in [6, 6.07) is 71.2. The minimum atomic E-state index is 0. The largest absolute Gasteiger partial charge is 2.00 e. The third kappa shape index (κ3) is 5.87. The van der Waals surface area contributed by atoms with Crippen LogP contribution in [0.4, 0.5) is 22.7 Å². The first kappa shape index (κ1) is 33.2. The first-order valence-corrected chi connectivity index (χ1v) is 17.6. The fraction of sp³-hybridized carbons (Fsp3) is 0. The van der Waals surface area contributed by atoms with Crippen LogP contribution in [0.3, 0.4) is 0 Å². The normalized spacial score (nSPS) is 11.9. The molecule has 0 spiro atoms. The summed E-state index contributed by atoms with van der Waals surface area (Å²) >= 11 is 0. The van der Waals surface area contributed by atoms with Gasteiger partial charge in [-0.05, 0) is 57.1 Å². The van der Waals surface area contributed by atoms with Crippen molar-refractivity contribution in [1.82, 2.24) is 18.9 Å². The maximum atomic E-state index is 6.43. The number of para-hydroxylation sites is 2. The quantitative estimate of drug-likeness (QED) is 0.118. The van der Waals surface area contributed by atoms with E-state index >= 15 is 0 Å². The molecule has 0 saturated carbocycles. The van der Waals surface area contributed by atoms with Crippen LogP contribution in [0, 0.1) is 12.1 Å². The van der Waals surface area contributed by atoms with Gasteiger partial charge in [0.1, 0.15) is 5.69 Å². The molecule has 0 unspecified atom stereocenters. The van der Waals surface area contributed by atoms with Crippen molar-refractivity contribution in [3.05, 3.63) is 194 Å². The average molecular weight is 874 g/mol. The number of rotatable bonds is 7. The van der Waals surface area contributed by atoms with Gasteiger partial charge in [0.25, 0.3) is 5.69 Å². The molecule has 0 aliphatic carbocycles. The molecule has 1 aliphatic heterocycles. The molecule has 1 aromatic heterocycles. The number of ether oxygens (including phenoxy) is 1. The fourth-order valence-electron chi connectivity index (χ4n) is 7.22.